The summed E-state index contributed by atoms with van der Waals surface area (Å²) in [5, 5.41) is 10.1. The predicted molar refractivity (Wildman–Crippen MR) is 332 cm³/mol. The van der Waals surface area contributed by atoms with Gasteiger partial charge in [-0.15, -0.1) is 0 Å². The summed E-state index contributed by atoms with van der Waals surface area (Å²) in [5.41, 5.74) is 24.2. The van der Waals surface area contributed by atoms with Crippen molar-refractivity contribution in [1.82, 2.24) is 18.3 Å². The molecular weight excluding hydrogens is 957 g/mol. The number of fused-ring (bicyclic) bond motifs is 15. The van der Waals surface area contributed by atoms with Crippen molar-refractivity contribution in [2.75, 3.05) is 0 Å². The van der Waals surface area contributed by atoms with E-state index in [0.717, 1.165) is 22.7 Å². The van der Waals surface area contributed by atoms with Gasteiger partial charge in [0.1, 0.15) is 0 Å². The van der Waals surface area contributed by atoms with Gasteiger partial charge in [0.05, 0.1) is 44.1 Å². The van der Waals surface area contributed by atoms with Gasteiger partial charge in [0.2, 0.25) is 0 Å². The third-order valence-electron chi connectivity index (χ3n) is 17.5. The van der Waals surface area contributed by atoms with Gasteiger partial charge in [-0.25, -0.2) is 0 Å². The standard InChI is InChI=1S/C75H50N4/c1-75(2)65-43-50(34-37-55(65)61-45-64-63-44-54(79-69-31-13-8-26-58(69)59-27-9-14-32-70(59)79)36-39-73(63)76(74(64)46-66(61)75)51-20-4-3-5-21-51)49-35-38-72-62(42-49)60-28-10-15-33-71(60)78(72)53-23-17-19-48(41-53)47-18-16-22-52(40-47)77-67-29-11-6-24-56(67)57-25-7-12-30-68(57)77/h3-46H,1-2H3. The van der Waals surface area contributed by atoms with Crippen LogP contribution in [0.4, 0.5) is 0 Å². The maximum atomic E-state index is 2.50. The summed E-state index contributed by atoms with van der Waals surface area (Å²) in [6, 6.07) is 99.1. The SMILES string of the molecule is CC1(C)c2cc(-c3ccc4c(c3)c3ccccc3n4-c3cccc(-c4cccc(-n5c6ccccc6c6ccccc65)c4)c3)ccc2-c2cc3c4cc(-n5c6ccccc6c6ccccc65)ccc4n(-c4ccccc4)c3cc21. The molecule has 0 saturated heterocycles. The molecule has 0 aliphatic heterocycles. The van der Waals surface area contributed by atoms with E-state index >= 15 is 0 Å². The Balaban J connectivity index is 0.771. The van der Waals surface area contributed by atoms with Crippen LogP contribution in [0.15, 0.2) is 267 Å². The summed E-state index contributed by atoms with van der Waals surface area (Å²) in [5.74, 6) is 0. The second kappa shape index (κ2) is 16.4. The molecule has 4 aromatic heterocycles. The largest absolute Gasteiger partial charge is 0.309 e. The highest BCUT2D eigenvalue weighted by Gasteiger charge is 2.37. The molecule has 0 atom stereocenters. The third kappa shape index (κ3) is 6.31. The van der Waals surface area contributed by atoms with E-state index in [-0.39, 0.29) is 5.41 Å². The van der Waals surface area contributed by atoms with Crippen LogP contribution in [0.2, 0.25) is 0 Å². The first kappa shape index (κ1) is 44.0. The van der Waals surface area contributed by atoms with Crippen LogP contribution in [0.1, 0.15) is 25.0 Å². The van der Waals surface area contributed by atoms with Crippen molar-refractivity contribution < 1.29 is 0 Å². The lowest BCUT2D eigenvalue weighted by atomic mass is 9.81. The number of rotatable bonds is 6. The van der Waals surface area contributed by atoms with Crippen molar-refractivity contribution in [2.24, 2.45) is 0 Å². The molecule has 370 valence electrons. The van der Waals surface area contributed by atoms with Crippen molar-refractivity contribution in [3.8, 4) is 56.1 Å². The predicted octanol–water partition coefficient (Wildman–Crippen LogP) is 19.7. The Bertz CT molecular complexity index is 5120. The fourth-order valence-electron chi connectivity index (χ4n) is 13.9. The smallest absolute Gasteiger partial charge is 0.0544 e. The molecule has 0 fully saturated rings. The first-order valence-corrected chi connectivity index (χ1v) is 27.5. The minimum Gasteiger partial charge on any atom is -0.309 e. The molecule has 1 aliphatic rings. The highest BCUT2D eigenvalue weighted by Crippen LogP contribution is 2.52. The maximum Gasteiger partial charge on any atom is 0.0544 e. The molecule has 0 saturated carbocycles. The second-order valence-corrected chi connectivity index (χ2v) is 22.1. The number of hydrogen-bond donors (Lipinski definition) is 0. The van der Waals surface area contributed by atoms with Gasteiger partial charge in [-0.3, -0.25) is 0 Å². The van der Waals surface area contributed by atoms with E-state index in [1.165, 1.54) is 132 Å². The van der Waals surface area contributed by atoms with Gasteiger partial charge < -0.3 is 18.3 Å². The Hall–Kier alpha value is -10.2. The lowest BCUT2D eigenvalue weighted by Crippen LogP contribution is -2.15. The average molecular weight is 1010 g/mol. The number of nitrogens with zero attached hydrogens (tertiary/aromatic N) is 4. The zero-order chi connectivity index (χ0) is 52.1. The molecule has 4 heteroatoms. The summed E-state index contributed by atoms with van der Waals surface area (Å²) in [7, 11) is 0. The molecule has 17 rings (SSSR count). The van der Waals surface area contributed by atoms with Gasteiger partial charge in [-0.05, 0) is 160 Å². The van der Waals surface area contributed by atoms with E-state index in [1.807, 2.05) is 0 Å². The Morgan fingerprint density at radius 2 is 0.582 bits per heavy atom. The van der Waals surface area contributed by atoms with Crippen LogP contribution in [-0.4, -0.2) is 18.3 Å². The van der Waals surface area contributed by atoms with Crippen LogP contribution < -0.4 is 0 Å². The third-order valence-corrected chi connectivity index (χ3v) is 17.5. The Kier molecular flexibility index (Phi) is 9.15. The van der Waals surface area contributed by atoms with E-state index in [2.05, 4.69) is 299 Å². The Labute approximate surface area is 456 Å². The molecule has 0 bridgehead atoms. The van der Waals surface area contributed by atoms with Crippen LogP contribution in [0.5, 0.6) is 0 Å². The summed E-state index contributed by atoms with van der Waals surface area (Å²) < 4.78 is 9.75. The lowest BCUT2D eigenvalue weighted by molar-refractivity contribution is 0.661. The van der Waals surface area contributed by atoms with Crippen molar-refractivity contribution in [3.05, 3.63) is 278 Å². The average Bonchev–Trinajstić information content (AvgIpc) is 4.30. The summed E-state index contributed by atoms with van der Waals surface area (Å²) in [4.78, 5) is 0. The van der Waals surface area contributed by atoms with Crippen LogP contribution >= 0.6 is 0 Å². The van der Waals surface area contributed by atoms with E-state index in [1.54, 1.807) is 0 Å². The summed E-state index contributed by atoms with van der Waals surface area (Å²) in [6.45, 7) is 4.82. The molecular formula is C75H50N4. The highest BCUT2D eigenvalue weighted by atomic mass is 15.0. The lowest BCUT2D eigenvalue weighted by Gasteiger charge is -2.22. The first-order valence-electron chi connectivity index (χ1n) is 27.5. The highest BCUT2D eigenvalue weighted by molar-refractivity contribution is 6.15. The van der Waals surface area contributed by atoms with Gasteiger partial charge in [0, 0.05) is 71.3 Å². The zero-order valence-corrected chi connectivity index (χ0v) is 43.7. The van der Waals surface area contributed by atoms with Gasteiger partial charge >= 0.3 is 0 Å². The van der Waals surface area contributed by atoms with E-state index in [9.17, 15) is 0 Å². The van der Waals surface area contributed by atoms with Crippen molar-refractivity contribution in [3.63, 3.8) is 0 Å². The maximum absolute atomic E-state index is 2.50. The number of aromatic nitrogens is 4. The van der Waals surface area contributed by atoms with E-state index < -0.39 is 0 Å². The summed E-state index contributed by atoms with van der Waals surface area (Å²) >= 11 is 0. The molecule has 79 heavy (non-hydrogen) atoms. The molecule has 0 radical (unpaired) electrons. The molecule has 12 aromatic carbocycles. The quantitative estimate of drug-likeness (QED) is 0.158. The van der Waals surface area contributed by atoms with E-state index in [0.29, 0.717) is 0 Å². The topological polar surface area (TPSA) is 19.7 Å². The molecule has 16 aromatic rings. The normalized spacial score (nSPS) is 13.0. The fourth-order valence-corrected chi connectivity index (χ4v) is 13.9. The molecule has 4 nitrogen and oxygen atoms in total. The molecule has 0 N–H and O–H groups in total. The second-order valence-electron chi connectivity index (χ2n) is 22.1. The minimum absolute atomic E-state index is 0.241. The number of benzene rings is 12. The van der Waals surface area contributed by atoms with Crippen LogP contribution in [0.3, 0.4) is 0 Å². The molecule has 0 spiro atoms. The van der Waals surface area contributed by atoms with Crippen molar-refractivity contribution in [2.45, 2.75) is 19.3 Å². The van der Waals surface area contributed by atoms with E-state index in [4.69, 9.17) is 0 Å². The van der Waals surface area contributed by atoms with Gasteiger partial charge in [0.15, 0.2) is 0 Å². The fraction of sp³-hybridized carbons (Fsp3) is 0.0400. The Morgan fingerprint density at radius 1 is 0.215 bits per heavy atom. The Morgan fingerprint density at radius 3 is 1.13 bits per heavy atom. The van der Waals surface area contributed by atoms with Gasteiger partial charge in [-0.1, -0.05) is 166 Å². The summed E-state index contributed by atoms with van der Waals surface area (Å²) in [6.07, 6.45) is 0. The minimum atomic E-state index is -0.241. The van der Waals surface area contributed by atoms with Crippen molar-refractivity contribution in [1.29, 1.82) is 0 Å². The molecule has 0 unspecified atom stereocenters. The van der Waals surface area contributed by atoms with Crippen LogP contribution in [-0.2, 0) is 5.41 Å². The monoisotopic (exact) mass is 1010 g/mol. The van der Waals surface area contributed by atoms with Gasteiger partial charge in [-0.2, -0.15) is 0 Å². The van der Waals surface area contributed by atoms with Gasteiger partial charge in [0.25, 0.3) is 0 Å². The molecule has 4 heterocycles. The van der Waals surface area contributed by atoms with Crippen molar-refractivity contribution >= 4 is 87.2 Å². The zero-order valence-electron chi connectivity index (χ0n) is 43.7. The number of hydrogen-bond acceptors (Lipinski definition) is 0. The van der Waals surface area contributed by atoms with Crippen LogP contribution in [0, 0.1) is 0 Å². The molecule has 0 amide bonds. The first-order chi connectivity index (χ1) is 38.9. The van der Waals surface area contributed by atoms with Crippen LogP contribution in [0.25, 0.3) is 143 Å². The number of para-hydroxylation sites is 6. The molecule has 1 aliphatic carbocycles.